The molecule has 0 fully saturated rings. The molecule has 0 amide bonds. The normalized spacial score (nSPS) is 14.0. The molecule has 1 aliphatic rings. The average Bonchev–Trinajstić information content (AvgIpc) is 2.86. The molecular weight excluding hydrogens is 224 g/mol. The van der Waals surface area contributed by atoms with Crippen molar-refractivity contribution in [2.24, 2.45) is 0 Å². The lowest BCUT2D eigenvalue weighted by molar-refractivity contribution is 0.551. The Bertz CT molecular complexity index is 563. The zero-order chi connectivity index (χ0) is 11.8. The molecule has 1 aromatic carbocycles. The van der Waals surface area contributed by atoms with Crippen molar-refractivity contribution in [3.8, 4) is 0 Å². The second-order valence-electron chi connectivity index (χ2n) is 4.11. The largest absolute Gasteiger partial charge is 0.307 e. The minimum Gasteiger partial charge on any atom is -0.307 e. The Labute approximate surface area is 97.1 Å². The van der Waals surface area contributed by atoms with E-state index in [1.165, 1.54) is 12.1 Å². The summed E-state index contributed by atoms with van der Waals surface area (Å²) in [5, 5.41) is 7.42. The van der Waals surface area contributed by atoms with Crippen LogP contribution in [0, 0.1) is 11.6 Å². The molecule has 0 atom stereocenters. The van der Waals surface area contributed by atoms with Crippen LogP contribution in [-0.2, 0) is 19.6 Å². The highest BCUT2D eigenvalue weighted by Crippen LogP contribution is 2.17. The molecular formula is C12H11F2N3. The number of aromatic nitrogens is 2. The van der Waals surface area contributed by atoms with Gasteiger partial charge in [0.1, 0.15) is 11.6 Å². The van der Waals surface area contributed by atoms with Crippen LogP contribution in [0.15, 0.2) is 24.4 Å². The lowest BCUT2D eigenvalue weighted by Crippen LogP contribution is -2.10. The van der Waals surface area contributed by atoms with Gasteiger partial charge in [0.2, 0.25) is 0 Å². The standard InChI is InChI=1S/C12H11F2N3/c13-10-2-1-8(11(14)3-10)7-17-12-6-15-4-9(12)5-16-17/h1-3,5,15H,4,6-7H2. The number of rotatable bonds is 2. The van der Waals surface area contributed by atoms with Crippen LogP contribution in [0.4, 0.5) is 8.78 Å². The predicted octanol–water partition coefficient (Wildman–Crippen LogP) is 1.81. The molecule has 0 radical (unpaired) electrons. The Morgan fingerprint density at radius 2 is 2.18 bits per heavy atom. The molecule has 1 aromatic heterocycles. The van der Waals surface area contributed by atoms with Crippen LogP contribution in [0.1, 0.15) is 16.8 Å². The Morgan fingerprint density at radius 3 is 3.00 bits per heavy atom. The highest BCUT2D eigenvalue weighted by Gasteiger charge is 2.16. The molecule has 2 aromatic rings. The van der Waals surface area contributed by atoms with Crippen molar-refractivity contribution in [1.29, 1.82) is 0 Å². The quantitative estimate of drug-likeness (QED) is 0.860. The van der Waals surface area contributed by atoms with Crippen LogP contribution in [0.2, 0.25) is 0 Å². The first-order chi connectivity index (χ1) is 8.24. The maximum Gasteiger partial charge on any atom is 0.131 e. The summed E-state index contributed by atoms with van der Waals surface area (Å²) < 4.78 is 28.0. The maximum atomic E-state index is 13.5. The summed E-state index contributed by atoms with van der Waals surface area (Å²) in [5.74, 6) is -1.08. The van der Waals surface area contributed by atoms with Gasteiger partial charge in [-0.25, -0.2) is 8.78 Å². The number of benzene rings is 1. The average molecular weight is 235 g/mol. The summed E-state index contributed by atoms with van der Waals surface area (Å²) in [5.41, 5.74) is 2.67. The van der Waals surface area contributed by atoms with E-state index in [1.54, 1.807) is 10.9 Å². The van der Waals surface area contributed by atoms with E-state index in [0.717, 1.165) is 30.4 Å². The molecule has 0 aliphatic carbocycles. The van der Waals surface area contributed by atoms with E-state index in [-0.39, 0.29) is 0 Å². The van der Waals surface area contributed by atoms with Crippen LogP contribution in [0.5, 0.6) is 0 Å². The predicted molar refractivity (Wildman–Crippen MR) is 58.2 cm³/mol. The van der Waals surface area contributed by atoms with Gasteiger partial charge in [-0.15, -0.1) is 0 Å². The van der Waals surface area contributed by atoms with E-state index in [1.807, 2.05) is 0 Å². The molecule has 3 nitrogen and oxygen atoms in total. The first kappa shape index (κ1) is 10.4. The Hall–Kier alpha value is -1.75. The number of nitrogens with one attached hydrogen (secondary N) is 1. The minimum atomic E-state index is -0.557. The molecule has 5 heteroatoms. The first-order valence-electron chi connectivity index (χ1n) is 5.42. The van der Waals surface area contributed by atoms with Crippen LogP contribution in [0.3, 0.4) is 0 Å². The second-order valence-corrected chi connectivity index (χ2v) is 4.11. The zero-order valence-corrected chi connectivity index (χ0v) is 9.08. The molecule has 0 saturated carbocycles. The van der Waals surface area contributed by atoms with Crippen molar-refractivity contribution >= 4 is 0 Å². The minimum absolute atomic E-state index is 0.336. The third-order valence-electron chi connectivity index (χ3n) is 2.98. The summed E-state index contributed by atoms with van der Waals surface area (Å²) in [6, 6.07) is 3.62. The van der Waals surface area contributed by atoms with Gasteiger partial charge in [-0.2, -0.15) is 5.10 Å². The fraction of sp³-hybridized carbons (Fsp3) is 0.250. The maximum absolute atomic E-state index is 13.5. The lowest BCUT2D eigenvalue weighted by Gasteiger charge is -2.06. The molecule has 1 N–H and O–H groups in total. The van der Waals surface area contributed by atoms with Crippen LogP contribution in [0.25, 0.3) is 0 Å². The number of fused-ring (bicyclic) bond motifs is 1. The number of nitrogens with zero attached hydrogens (tertiary/aromatic N) is 2. The van der Waals surface area contributed by atoms with E-state index in [4.69, 9.17) is 0 Å². The van der Waals surface area contributed by atoms with E-state index < -0.39 is 11.6 Å². The van der Waals surface area contributed by atoms with Gasteiger partial charge in [0.25, 0.3) is 0 Å². The SMILES string of the molecule is Fc1ccc(Cn2ncc3c2CNC3)c(F)c1. The molecule has 3 rings (SSSR count). The molecule has 2 heterocycles. The molecule has 0 spiro atoms. The highest BCUT2D eigenvalue weighted by atomic mass is 19.1. The number of halogens is 2. The van der Waals surface area contributed by atoms with Gasteiger partial charge in [-0.1, -0.05) is 6.07 Å². The third-order valence-corrected chi connectivity index (χ3v) is 2.98. The van der Waals surface area contributed by atoms with Crippen molar-refractivity contribution in [2.45, 2.75) is 19.6 Å². The molecule has 1 aliphatic heterocycles. The third kappa shape index (κ3) is 1.82. The van der Waals surface area contributed by atoms with Crippen molar-refractivity contribution in [3.63, 3.8) is 0 Å². The van der Waals surface area contributed by atoms with Gasteiger partial charge in [0.05, 0.1) is 18.4 Å². The molecule has 0 saturated heterocycles. The highest BCUT2D eigenvalue weighted by molar-refractivity contribution is 5.24. The molecule has 0 unspecified atom stereocenters. The smallest absolute Gasteiger partial charge is 0.131 e. The fourth-order valence-corrected chi connectivity index (χ4v) is 2.06. The van der Waals surface area contributed by atoms with E-state index in [9.17, 15) is 8.78 Å². The van der Waals surface area contributed by atoms with Gasteiger partial charge < -0.3 is 5.32 Å². The topological polar surface area (TPSA) is 29.9 Å². The summed E-state index contributed by atoms with van der Waals surface area (Å²) in [4.78, 5) is 0. The van der Waals surface area contributed by atoms with Crippen molar-refractivity contribution in [2.75, 3.05) is 0 Å². The lowest BCUT2D eigenvalue weighted by atomic mass is 10.2. The second kappa shape index (κ2) is 3.92. The monoisotopic (exact) mass is 235 g/mol. The van der Waals surface area contributed by atoms with E-state index in [2.05, 4.69) is 10.4 Å². The number of hydrogen-bond donors (Lipinski definition) is 1. The van der Waals surface area contributed by atoms with Gasteiger partial charge in [-0.05, 0) is 6.07 Å². The number of hydrogen-bond acceptors (Lipinski definition) is 2. The van der Waals surface area contributed by atoms with Crippen LogP contribution >= 0.6 is 0 Å². The van der Waals surface area contributed by atoms with Gasteiger partial charge >= 0.3 is 0 Å². The van der Waals surface area contributed by atoms with Crippen LogP contribution < -0.4 is 5.32 Å². The zero-order valence-electron chi connectivity index (χ0n) is 9.08. The van der Waals surface area contributed by atoms with Crippen molar-refractivity contribution in [1.82, 2.24) is 15.1 Å². The van der Waals surface area contributed by atoms with Crippen molar-refractivity contribution in [3.05, 3.63) is 52.9 Å². The van der Waals surface area contributed by atoms with Gasteiger partial charge in [0.15, 0.2) is 0 Å². The Kier molecular flexibility index (Phi) is 2.40. The summed E-state index contributed by atoms with van der Waals surface area (Å²) >= 11 is 0. The Balaban J connectivity index is 1.91. The first-order valence-corrected chi connectivity index (χ1v) is 5.42. The summed E-state index contributed by atoms with van der Waals surface area (Å²) in [7, 11) is 0. The summed E-state index contributed by atoms with van der Waals surface area (Å²) in [6.07, 6.45) is 1.79. The Morgan fingerprint density at radius 1 is 1.29 bits per heavy atom. The van der Waals surface area contributed by atoms with Gasteiger partial charge in [0, 0.05) is 30.3 Å². The molecule has 17 heavy (non-hydrogen) atoms. The molecule has 88 valence electrons. The summed E-state index contributed by atoms with van der Waals surface area (Å²) in [6.45, 7) is 1.89. The van der Waals surface area contributed by atoms with Crippen LogP contribution in [-0.4, -0.2) is 9.78 Å². The van der Waals surface area contributed by atoms with E-state index in [0.29, 0.717) is 12.1 Å². The fourth-order valence-electron chi connectivity index (χ4n) is 2.06. The van der Waals surface area contributed by atoms with Crippen molar-refractivity contribution < 1.29 is 8.78 Å². The van der Waals surface area contributed by atoms with Gasteiger partial charge in [-0.3, -0.25) is 4.68 Å². The van der Waals surface area contributed by atoms with E-state index >= 15 is 0 Å². The molecule has 0 bridgehead atoms.